The summed E-state index contributed by atoms with van der Waals surface area (Å²) in [7, 11) is 3.69. The number of hydrogen-bond acceptors (Lipinski definition) is 4. The van der Waals surface area contributed by atoms with Gasteiger partial charge in [-0.15, -0.1) is 5.10 Å². The van der Waals surface area contributed by atoms with Crippen LogP contribution in [0.3, 0.4) is 0 Å². The lowest BCUT2D eigenvalue weighted by atomic mass is 10.0. The van der Waals surface area contributed by atoms with E-state index in [1.807, 2.05) is 61.3 Å². The van der Waals surface area contributed by atoms with Crippen LogP contribution in [0.4, 0.5) is 10.3 Å². The van der Waals surface area contributed by atoms with Crippen LogP contribution in [0.2, 0.25) is 0 Å². The maximum Gasteiger partial charge on any atom is 0.253 e. The summed E-state index contributed by atoms with van der Waals surface area (Å²) in [5, 5.41) is 11.1. The van der Waals surface area contributed by atoms with Crippen molar-refractivity contribution in [1.29, 1.82) is 0 Å². The third-order valence-corrected chi connectivity index (χ3v) is 5.82. The quantitative estimate of drug-likeness (QED) is 0.418. The first-order valence-electron chi connectivity index (χ1n) is 10.6. The van der Waals surface area contributed by atoms with Crippen molar-refractivity contribution >= 4 is 28.4 Å². The van der Waals surface area contributed by atoms with Gasteiger partial charge >= 0.3 is 0 Å². The van der Waals surface area contributed by atoms with Crippen LogP contribution in [-0.2, 0) is 7.05 Å². The topological polar surface area (TPSA) is 76.2 Å². The van der Waals surface area contributed by atoms with E-state index in [0.717, 1.165) is 27.7 Å². The zero-order valence-corrected chi connectivity index (χ0v) is 18.5. The molecular formula is C25H23FN6O. The number of halogens is 1. The Bertz CT molecular complexity index is 1500. The molecule has 1 amide bonds. The number of aryl methyl sites for hydroxylation is 1. The number of nitrogens with zero attached hydrogens (tertiary/aromatic N) is 4. The zero-order chi connectivity index (χ0) is 23.1. The van der Waals surface area contributed by atoms with Gasteiger partial charge in [0.2, 0.25) is 5.95 Å². The molecule has 0 radical (unpaired) electrons. The lowest BCUT2D eigenvalue weighted by Gasteiger charge is -2.14. The third-order valence-electron chi connectivity index (χ3n) is 5.82. The number of carbonyl (C=O) groups excluding carboxylic acids is 1. The minimum atomic E-state index is -0.330. The molecule has 0 spiro atoms. The Morgan fingerprint density at radius 3 is 2.70 bits per heavy atom. The molecule has 33 heavy (non-hydrogen) atoms. The van der Waals surface area contributed by atoms with Gasteiger partial charge in [-0.3, -0.25) is 4.79 Å². The summed E-state index contributed by atoms with van der Waals surface area (Å²) in [6, 6.07) is 15.9. The molecule has 166 valence electrons. The molecule has 5 aromatic rings. The van der Waals surface area contributed by atoms with E-state index in [9.17, 15) is 9.18 Å². The Hall–Kier alpha value is -4.20. The maximum atomic E-state index is 13.6. The summed E-state index contributed by atoms with van der Waals surface area (Å²) in [5.74, 6) is 0.0213. The van der Waals surface area contributed by atoms with Crippen molar-refractivity contribution in [3.8, 4) is 11.1 Å². The summed E-state index contributed by atoms with van der Waals surface area (Å²) < 4.78 is 17.2. The molecule has 0 saturated heterocycles. The van der Waals surface area contributed by atoms with Crippen LogP contribution in [0.25, 0.3) is 27.7 Å². The molecule has 1 unspecified atom stereocenters. The van der Waals surface area contributed by atoms with E-state index in [1.165, 1.54) is 12.1 Å². The van der Waals surface area contributed by atoms with Crippen LogP contribution in [0.5, 0.6) is 0 Å². The SMILES string of the molecule is CNc1nc2cc(-c3ccc4c(c3)c(C(=O)NC(C)c3cccc(F)c3)cn4C)ccn2n1. The predicted molar refractivity (Wildman–Crippen MR) is 127 cm³/mol. The summed E-state index contributed by atoms with van der Waals surface area (Å²) in [6.07, 6.45) is 3.69. The normalized spacial score (nSPS) is 12.2. The van der Waals surface area contributed by atoms with Crippen molar-refractivity contribution in [3.05, 3.63) is 83.9 Å². The highest BCUT2D eigenvalue weighted by Crippen LogP contribution is 2.29. The molecule has 2 aromatic carbocycles. The van der Waals surface area contributed by atoms with Crippen LogP contribution in [0.15, 0.2) is 67.0 Å². The van der Waals surface area contributed by atoms with Crippen molar-refractivity contribution in [3.63, 3.8) is 0 Å². The van der Waals surface area contributed by atoms with Gasteiger partial charge in [0.25, 0.3) is 5.91 Å². The van der Waals surface area contributed by atoms with E-state index >= 15 is 0 Å². The standard InChI is InChI=1S/C25H23FN6O/c1-15(16-5-4-6-19(26)11-16)28-24(33)21-14-31(3)22-8-7-17(12-20(21)22)18-9-10-32-23(13-18)29-25(27-2)30-32/h4-15H,1-3H3,(H,27,30)(H,28,33). The van der Waals surface area contributed by atoms with Crippen LogP contribution in [-0.4, -0.2) is 32.1 Å². The van der Waals surface area contributed by atoms with Gasteiger partial charge in [-0.2, -0.15) is 4.98 Å². The van der Waals surface area contributed by atoms with E-state index < -0.39 is 0 Å². The van der Waals surface area contributed by atoms with E-state index in [-0.39, 0.29) is 17.8 Å². The fourth-order valence-electron chi connectivity index (χ4n) is 4.05. The molecule has 0 fully saturated rings. The van der Waals surface area contributed by atoms with Crippen LogP contribution in [0, 0.1) is 5.82 Å². The molecular weight excluding hydrogens is 419 g/mol. The van der Waals surface area contributed by atoms with Gasteiger partial charge in [-0.25, -0.2) is 8.91 Å². The number of benzene rings is 2. The Balaban J connectivity index is 1.50. The van der Waals surface area contributed by atoms with Gasteiger partial charge in [-0.1, -0.05) is 18.2 Å². The molecule has 3 aromatic heterocycles. The molecule has 0 aliphatic rings. The molecule has 0 aliphatic carbocycles. The number of fused-ring (bicyclic) bond motifs is 2. The maximum absolute atomic E-state index is 13.6. The minimum absolute atomic E-state index is 0.207. The van der Waals surface area contributed by atoms with E-state index in [0.29, 0.717) is 17.1 Å². The van der Waals surface area contributed by atoms with Gasteiger partial charge in [0.05, 0.1) is 11.6 Å². The number of nitrogens with one attached hydrogen (secondary N) is 2. The fourth-order valence-corrected chi connectivity index (χ4v) is 4.05. The lowest BCUT2D eigenvalue weighted by Crippen LogP contribution is -2.26. The molecule has 5 rings (SSSR count). The molecule has 0 bridgehead atoms. The van der Waals surface area contributed by atoms with E-state index in [2.05, 4.69) is 20.7 Å². The monoisotopic (exact) mass is 442 g/mol. The van der Waals surface area contributed by atoms with Crippen LogP contribution < -0.4 is 10.6 Å². The summed E-state index contributed by atoms with van der Waals surface area (Å²) >= 11 is 0. The first-order valence-corrected chi connectivity index (χ1v) is 10.6. The molecule has 0 aliphatic heterocycles. The third kappa shape index (κ3) is 3.80. The number of hydrogen-bond donors (Lipinski definition) is 2. The highest BCUT2D eigenvalue weighted by Gasteiger charge is 2.18. The molecule has 0 saturated carbocycles. The average Bonchev–Trinajstić information content (AvgIpc) is 3.39. The summed E-state index contributed by atoms with van der Waals surface area (Å²) in [6.45, 7) is 1.84. The lowest BCUT2D eigenvalue weighted by molar-refractivity contribution is 0.0941. The number of aromatic nitrogens is 4. The second-order valence-corrected chi connectivity index (χ2v) is 8.04. The summed E-state index contributed by atoms with van der Waals surface area (Å²) in [5.41, 5.74) is 4.90. The van der Waals surface area contributed by atoms with Gasteiger partial charge < -0.3 is 15.2 Å². The van der Waals surface area contributed by atoms with Gasteiger partial charge in [0.15, 0.2) is 5.65 Å². The first-order chi connectivity index (χ1) is 15.9. The smallest absolute Gasteiger partial charge is 0.253 e. The fraction of sp³-hybridized carbons (Fsp3) is 0.160. The zero-order valence-electron chi connectivity index (χ0n) is 18.5. The molecule has 7 nitrogen and oxygen atoms in total. The number of anilines is 1. The van der Waals surface area contributed by atoms with Crippen molar-refractivity contribution in [2.45, 2.75) is 13.0 Å². The van der Waals surface area contributed by atoms with Crippen molar-refractivity contribution < 1.29 is 9.18 Å². The largest absolute Gasteiger partial charge is 0.356 e. The van der Waals surface area contributed by atoms with Crippen LogP contribution in [0.1, 0.15) is 28.9 Å². The average molecular weight is 442 g/mol. The highest BCUT2D eigenvalue weighted by atomic mass is 19.1. The van der Waals surface area contributed by atoms with E-state index in [1.54, 1.807) is 23.7 Å². The highest BCUT2D eigenvalue weighted by molar-refractivity contribution is 6.08. The van der Waals surface area contributed by atoms with Crippen molar-refractivity contribution in [2.24, 2.45) is 7.05 Å². The Kier molecular flexibility index (Phi) is 5.05. The molecule has 2 N–H and O–H groups in total. The second-order valence-electron chi connectivity index (χ2n) is 8.04. The molecule has 3 heterocycles. The number of pyridine rings is 1. The molecule has 8 heteroatoms. The van der Waals surface area contributed by atoms with Gasteiger partial charge in [0.1, 0.15) is 5.82 Å². The number of carbonyl (C=O) groups is 1. The predicted octanol–water partition coefficient (Wildman–Crippen LogP) is 4.56. The Morgan fingerprint density at radius 1 is 1.09 bits per heavy atom. The summed E-state index contributed by atoms with van der Waals surface area (Å²) in [4.78, 5) is 17.6. The Labute approximate surface area is 189 Å². The number of amides is 1. The van der Waals surface area contributed by atoms with Gasteiger partial charge in [-0.05, 0) is 60.0 Å². The van der Waals surface area contributed by atoms with Crippen molar-refractivity contribution in [1.82, 2.24) is 24.5 Å². The molecule has 1 atom stereocenters. The minimum Gasteiger partial charge on any atom is -0.356 e. The second kappa shape index (κ2) is 8.05. The number of rotatable bonds is 5. The van der Waals surface area contributed by atoms with Crippen molar-refractivity contribution in [2.75, 3.05) is 12.4 Å². The van der Waals surface area contributed by atoms with Crippen LogP contribution >= 0.6 is 0 Å². The van der Waals surface area contributed by atoms with Gasteiger partial charge in [0, 0.05) is 37.4 Å². The first kappa shape index (κ1) is 20.7. The Morgan fingerprint density at radius 2 is 1.91 bits per heavy atom. The van der Waals surface area contributed by atoms with E-state index in [4.69, 9.17) is 0 Å².